The Morgan fingerprint density at radius 1 is 1.64 bits per heavy atom. The van der Waals surface area contributed by atoms with E-state index in [0.29, 0.717) is 4.42 Å². The molecule has 0 atom stereocenters. The molecule has 0 N–H and O–H groups in total. The minimum absolute atomic E-state index is 0.363. The van der Waals surface area contributed by atoms with Crippen LogP contribution in [0.25, 0.3) is 0 Å². The van der Waals surface area contributed by atoms with Crippen LogP contribution >= 0.6 is 11.8 Å². The molecule has 0 rings (SSSR count). The summed E-state index contributed by atoms with van der Waals surface area (Å²) < 4.78 is 35.9. The van der Waals surface area contributed by atoms with Crippen molar-refractivity contribution in [3.8, 4) is 0 Å². The summed E-state index contributed by atoms with van der Waals surface area (Å²) >= 11 is 5.04. The van der Waals surface area contributed by atoms with Gasteiger partial charge in [0.05, 0.1) is 0 Å². The van der Waals surface area contributed by atoms with E-state index in [1.807, 2.05) is 0 Å². The number of hydrogen-bond acceptors (Lipinski definition) is 1. The number of halogens is 4. The van der Waals surface area contributed by atoms with Gasteiger partial charge < -0.3 is 0 Å². The maximum atomic E-state index is 11.9. The molecule has 0 radical (unpaired) electrons. The maximum absolute atomic E-state index is 11.9. The molecule has 64 valence electrons. The average molecular weight is 187 g/mol. The van der Waals surface area contributed by atoms with Crippen molar-refractivity contribution in [3.63, 3.8) is 0 Å². The van der Waals surface area contributed by atoms with Crippen molar-refractivity contribution in [2.45, 2.75) is 6.18 Å². The van der Waals surface area contributed by atoms with E-state index in [0.717, 1.165) is 13.2 Å². The lowest BCUT2D eigenvalue weighted by Gasteiger charge is -2.14. The minimum atomic E-state index is -4.54. The van der Waals surface area contributed by atoms with E-state index >= 15 is 0 Å². The van der Waals surface area contributed by atoms with Crippen LogP contribution in [-0.2, 0) is 0 Å². The van der Waals surface area contributed by atoms with Crippen molar-refractivity contribution in [2.24, 2.45) is 4.99 Å². The highest BCUT2D eigenvalue weighted by molar-refractivity contribution is 6.22. The van der Waals surface area contributed by atoms with Crippen molar-refractivity contribution in [1.29, 1.82) is 0 Å². The number of hydrogen-bond donors (Lipinski definition) is 0. The monoisotopic (exact) mass is 186 g/mol. The Kier molecular flexibility index (Phi) is 3.38. The first-order valence-electron chi connectivity index (χ1n) is 2.55. The second-order valence-corrected chi connectivity index (χ2v) is 2.12. The molecular weight excluding hydrogens is 181 g/mol. The van der Waals surface area contributed by atoms with E-state index < -0.39 is 12.0 Å². The van der Waals surface area contributed by atoms with Crippen LogP contribution in [0.3, 0.4) is 0 Å². The highest BCUT2D eigenvalue weighted by atomic mass is 35.5. The van der Waals surface area contributed by atoms with Crippen molar-refractivity contribution >= 4 is 17.6 Å². The minimum Gasteiger partial charge on any atom is -0.268 e. The fourth-order valence-corrected chi connectivity index (χ4v) is 0.553. The summed E-state index contributed by atoms with van der Waals surface area (Å²) in [4.78, 5) is 2.94. The Bertz CT molecular complexity index is 173. The zero-order valence-corrected chi connectivity index (χ0v) is 6.45. The van der Waals surface area contributed by atoms with E-state index in [2.05, 4.69) is 11.6 Å². The van der Waals surface area contributed by atoms with Crippen LogP contribution in [0.5, 0.6) is 0 Å². The van der Waals surface area contributed by atoms with Gasteiger partial charge in [0.25, 0.3) is 0 Å². The molecule has 0 aliphatic carbocycles. The lowest BCUT2D eigenvalue weighted by molar-refractivity contribution is -0.0647. The number of alkyl halides is 3. The van der Waals surface area contributed by atoms with Gasteiger partial charge in [-0.2, -0.15) is 13.2 Å². The van der Waals surface area contributed by atoms with Crippen LogP contribution in [0.15, 0.2) is 17.8 Å². The van der Waals surface area contributed by atoms with Gasteiger partial charge in [-0.1, -0.05) is 6.58 Å². The van der Waals surface area contributed by atoms with Gasteiger partial charge in [0, 0.05) is 25.0 Å². The maximum Gasteiger partial charge on any atom is 0.450 e. The first-order valence-corrected chi connectivity index (χ1v) is 2.88. The lowest BCUT2D eigenvalue weighted by atomic mass is 10.5. The number of amidine groups is 1. The Morgan fingerprint density at radius 3 is 2.18 bits per heavy atom. The van der Waals surface area contributed by atoms with Crippen LogP contribution in [0, 0.1) is 0 Å². The third-order valence-corrected chi connectivity index (χ3v) is 0.919. The fraction of sp³-hybridized carbons (Fsp3) is 0.400. The highest BCUT2D eigenvalue weighted by Gasteiger charge is 2.38. The smallest absolute Gasteiger partial charge is 0.268 e. The van der Waals surface area contributed by atoms with Gasteiger partial charge in [-0.3, -0.25) is 4.42 Å². The van der Waals surface area contributed by atoms with E-state index in [1.54, 1.807) is 0 Å². The van der Waals surface area contributed by atoms with Crippen molar-refractivity contribution in [2.75, 3.05) is 7.05 Å². The molecule has 0 amide bonds. The first kappa shape index (κ1) is 10.3. The molecule has 0 aromatic carbocycles. The van der Waals surface area contributed by atoms with Gasteiger partial charge in [0.2, 0.25) is 5.84 Å². The van der Waals surface area contributed by atoms with Crippen molar-refractivity contribution < 1.29 is 13.2 Å². The van der Waals surface area contributed by atoms with Gasteiger partial charge in [0.15, 0.2) is 0 Å². The quantitative estimate of drug-likeness (QED) is 0.348. The molecule has 0 aliphatic heterocycles. The van der Waals surface area contributed by atoms with Crippen LogP contribution in [-0.4, -0.2) is 23.5 Å². The van der Waals surface area contributed by atoms with E-state index in [9.17, 15) is 13.2 Å². The number of rotatable bonds is 1. The summed E-state index contributed by atoms with van der Waals surface area (Å²) in [5.74, 6) is -1.19. The van der Waals surface area contributed by atoms with Gasteiger partial charge in [0.1, 0.15) is 0 Å². The second-order valence-electron chi connectivity index (χ2n) is 1.61. The molecule has 0 spiro atoms. The zero-order chi connectivity index (χ0) is 9.07. The molecule has 0 aromatic heterocycles. The molecule has 6 heteroatoms. The largest absolute Gasteiger partial charge is 0.450 e. The number of aliphatic imine (C=N–C) groups is 1. The standard InChI is InChI=1S/C5H6ClF3N2/c1-3-10-4(11(2)6)5(7,8)9/h3H,1H2,2H3. The summed E-state index contributed by atoms with van der Waals surface area (Å²) in [5, 5.41) is 0. The lowest BCUT2D eigenvalue weighted by Crippen LogP contribution is -2.32. The topological polar surface area (TPSA) is 15.6 Å². The molecule has 0 bridgehead atoms. The van der Waals surface area contributed by atoms with E-state index in [-0.39, 0.29) is 0 Å². The van der Waals surface area contributed by atoms with Crippen LogP contribution in [0.2, 0.25) is 0 Å². The molecule has 0 heterocycles. The SMILES string of the molecule is C=CN=C(N(C)Cl)C(F)(F)F. The Morgan fingerprint density at radius 2 is 2.09 bits per heavy atom. The molecule has 0 saturated carbocycles. The van der Waals surface area contributed by atoms with Gasteiger partial charge in [-0.15, -0.1) is 0 Å². The van der Waals surface area contributed by atoms with E-state index in [1.165, 1.54) is 0 Å². The fourth-order valence-electron chi connectivity index (χ4n) is 0.414. The predicted octanol–water partition coefficient (Wildman–Crippen LogP) is 2.18. The van der Waals surface area contributed by atoms with Crippen LogP contribution < -0.4 is 0 Å². The van der Waals surface area contributed by atoms with Crippen molar-refractivity contribution in [3.05, 3.63) is 12.8 Å². The van der Waals surface area contributed by atoms with Gasteiger partial charge in [-0.05, 0) is 0 Å². The third-order valence-electron chi connectivity index (χ3n) is 0.759. The summed E-state index contributed by atoms with van der Waals surface area (Å²) in [5.41, 5.74) is 0. The Balaban J connectivity index is 4.62. The molecule has 11 heavy (non-hydrogen) atoms. The summed E-state index contributed by atoms with van der Waals surface area (Å²) in [6.45, 7) is 3.02. The van der Waals surface area contributed by atoms with Gasteiger partial charge in [-0.25, -0.2) is 4.99 Å². The summed E-state index contributed by atoms with van der Waals surface area (Å²) in [6, 6.07) is 0. The number of nitrogens with zero attached hydrogens (tertiary/aromatic N) is 2. The molecule has 2 nitrogen and oxygen atoms in total. The molecule has 0 aromatic rings. The third kappa shape index (κ3) is 3.27. The van der Waals surface area contributed by atoms with Crippen LogP contribution in [0.4, 0.5) is 13.2 Å². The molecular formula is C5H6ClF3N2. The average Bonchev–Trinajstić information content (AvgIpc) is 1.79. The zero-order valence-electron chi connectivity index (χ0n) is 5.69. The predicted molar refractivity (Wildman–Crippen MR) is 37.3 cm³/mol. The second kappa shape index (κ2) is 3.61. The van der Waals surface area contributed by atoms with E-state index in [4.69, 9.17) is 11.8 Å². The molecule has 0 aliphatic rings. The van der Waals surface area contributed by atoms with Gasteiger partial charge >= 0.3 is 6.18 Å². The Hall–Kier alpha value is -0.710. The summed E-state index contributed by atoms with van der Waals surface area (Å²) in [7, 11) is 1.04. The van der Waals surface area contributed by atoms with Crippen molar-refractivity contribution in [1.82, 2.24) is 4.42 Å². The van der Waals surface area contributed by atoms with Crippen LogP contribution in [0.1, 0.15) is 0 Å². The highest BCUT2D eigenvalue weighted by Crippen LogP contribution is 2.20. The molecule has 0 fully saturated rings. The molecule has 0 saturated heterocycles. The Labute approximate surface area is 67.1 Å². The summed E-state index contributed by atoms with van der Waals surface area (Å²) in [6.07, 6.45) is -3.76. The molecule has 0 unspecified atom stereocenters. The normalized spacial score (nSPS) is 13.0. The first-order chi connectivity index (χ1) is 4.89.